The van der Waals surface area contributed by atoms with Crippen LogP contribution in [0.2, 0.25) is 0 Å². The summed E-state index contributed by atoms with van der Waals surface area (Å²) in [4.78, 5) is 15.1. The molecule has 0 spiro atoms. The van der Waals surface area contributed by atoms with Crippen LogP contribution >= 0.6 is 0 Å². The molecule has 4 heteroatoms. The largest absolute Gasteiger partial charge is 0.479 e. The number of carboxylic acid groups (broad SMARTS) is 1. The van der Waals surface area contributed by atoms with Gasteiger partial charge in [0.05, 0.1) is 5.71 Å². The highest BCUT2D eigenvalue weighted by molar-refractivity contribution is 5.92. The third-order valence-electron chi connectivity index (χ3n) is 2.90. The fourth-order valence-corrected chi connectivity index (χ4v) is 2.15. The van der Waals surface area contributed by atoms with Gasteiger partial charge in [0.25, 0.3) is 0 Å². The van der Waals surface area contributed by atoms with Crippen molar-refractivity contribution in [2.45, 2.75) is 25.2 Å². The van der Waals surface area contributed by atoms with E-state index in [9.17, 15) is 4.79 Å². The number of hydrogen-bond acceptors (Lipinski definition) is 3. The second-order valence-electron chi connectivity index (χ2n) is 4.11. The molecule has 2 rings (SSSR count). The van der Waals surface area contributed by atoms with Crippen LogP contribution < -0.4 is 0 Å². The maximum absolute atomic E-state index is 10.3. The first-order chi connectivity index (χ1) is 8.27. The molecule has 1 N–H and O–H groups in total. The molecule has 1 saturated carbocycles. The minimum atomic E-state index is -0.997. The summed E-state index contributed by atoms with van der Waals surface area (Å²) in [7, 11) is 0. The molecule has 0 heterocycles. The van der Waals surface area contributed by atoms with Crippen LogP contribution in [0.25, 0.3) is 0 Å². The fraction of sp³-hybridized carbons (Fsp3) is 0.385. The Morgan fingerprint density at radius 2 is 2.18 bits per heavy atom. The van der Waals surface area contributed by atoms with Gasteiger partial charge in [-0.2, -0.15) is 0 Å². The Hall–Kier alpha value is -1.84. The smallest absolute Gasteiger partial charge is 0.344 e. The number of aliphatic carboxylic acids is 1. The van der Waals surface area contributed by atoms with Gasteiger partial charge < -0.3 is 9.94 Å². The fourth-order valence-electron chi connectivity index (χ4n) is 2.15. The zero-order valence-corrected chi connectivity index (χ0v) is 9.50. The Labute approximate surface area is 99.9 Å². The van der Waals surface area contributed by atoms with Gasteiger partial charge in [0.15, 0.2) is 0 Å². The highest BCUT2D eigenvalue weighted by Gasteiger charge is 2.24. The third kappa shape index (κ3) is 3.06. The SMILES string of the molecule is O=C(O)CO/N=C1\CCC[C@H]1c1ccccc1. The zero-order valence-electron chi connectivity index (χ0n) is 9.50. The summed E-state index contributed by atoms with van der Waals surface area (Å²) in [6.07, 6.45) is 3.02. The van der Waals surface area contributed by atoms with Crippen molar-refractivity contribution >= 4 is 11.7 Å². The van der Waals surface area contributed by atoms with E-state index in [0.29, 0.717) is 0 Å². The van der Waals surface area contributed by atoms with E-state index in [0.717, 1.165) is 25.0 Å². The van der Waals surface area contributed by atoms with Gasteiger partial charge in [0, 0.05) is 5.92 Å². The molecule has 1 aliphatic carbocycles. The average molecular weight is 233 g/mol. The average Bonchev–Trinajstić information content (AvgIpc) is 2.78. The monoisotopic (exact) mass is 233 g/mol. The van der Waals surface area contributed by atoms with Crippen molar-refractivity contribution in [3.05, 3.63) is 35.9 Å². The Morgan fingerprint density at radius 3 is 2.88 bits per heavy atom. The summed E-state index contributed by atoms with van der Waals surface area (Å²) in [5.74, 6) is -0.714. The molecule has 1 aromatic carbocycles. The summed E-state index contributed by atoms with van der Waals surface area (Å²) < 4.78 is 0. The van der Waals surface area contributed by atoms with Crippen LogP contribution in [-0.2, 0) is 9.63 Å². The van der Waals surface area contributed by atoms with Crippen LogP contribution in [0.15, 0.2) is 35.5 Å². The minimum Gasteiger partial charge on any atom is -0.479 e. The minimum absolute atomic E-state index is 0.282. The molecule has 0 amide bonds. The Kier molecular flexibility index (Phi) is 3.75. The Balaban J connectivity index is 2.05. The molecule has 0 bridgehead atoms. The molecule has 17 heavy (non-hydrogen) atoms. The van der Waals surface area contributed by atoms with Crippen LogP contribution in [0.3, 0.4) is 0 Å². The normalized spacial score (nSPS) is 21.6. The molecule has 4 nitrogen and oxygen atoms in total. The lowest BCUT2D eigenvalue weighted by molar-refractivity contribution is -0.142. The maximum Gasteiger partial charge on any atom is 0.344 e. The molecule has 1 aliphatic rings. The van der Waals surface area contributed by atoms with Crippen LogP contribution in [0.5, 0.6) is 0 Å². The van der Waals surface area contributed by atoms with Crippen molar-refractivity contribution < 1.29 is 14.7 Å². The number of rotatable bonds is 4. The molecular weight excluding hydrogens is 218 g/mol. The van der Waals surface area contributed by atoms with E-state index >= 15 is 0 Å². The van der Waals surface area contributed by atoms with Crippen molar-refractivity contribution in [2.75, 3.05) is 6.61 Å². The lowest BCUT2D eigenvalue weighted by Gasteiger charge is -2.10. The topological polar surface area (TPSA) is 58.9 Å². The summed E-state index contributed by atoms with van der Waals surface area (Å²) >= 11 is 0. The second kappa shape index (κ2) is 5.48. The van der Waals surface area contributed by atoms with E-state index in [2.05, 4.69) is 17.3 Å². The highest BCUT2D eigenvalue weighted by atomic mass is 16.6. The van der Waals surface area contributed by atoms with Crippen LogP contribution in [0.1, 0.15) is 30.7 Å². The molecule has 1 aromatic rings. The molecule has 0 aliphatic heterocycles. The molecule has 0 radical (unpaired) electrons. The summed E-state index contributed by atoms with van der Waals surface area (Å²) in [5, 5.41) is 12.4. The van der Waals surface area contributed by atoms with Gasteiger partial charge >= 0.3 is 5.97 Å². The van der Waals surface area contributed by atoms with Crippen molar-refractivity contribution in [3.8, 4) is 0 Å². The number of oxime groups is 1. The number of benzene rings is 1. The Morgan fingerprint density at radius 1 is 1.41 bits per heavy atom. The van der Waals surface area contributed by atoms with E-state index in [4.69, 9.17) is 9.94 Å². The lowest BCUT2D eigenvalue weighted by Crippen LogP contribution is -2.09. The maximum atomic E-state index is 10.3. The summed E-state index contributed by atoms with van der Waals surface area (Å²) in [5.41, 5.74) is 2.18. The number of nitrogens with zero attached hydrogens (tertiary/aromatic N) is 1. The molecule has 1 fully saturated rings. The van der Waals surface area contributed by atoms with Gasteiger partial charge in [-0.05, 0) is 24.8 Å². The van der Waals surface area contributed by atoms with Gasteiger partial charge in [-0.3, -0.25) is 0 Å². The van der Waals surface area contributed by atoms with E-state index < -0.39 is 5.97 Å². The second-order valence-corrected chi connectivity index (χ2v) is 4.11. The third-order valence-corrected chi connectivity index (χ3v) is 2.90. The van der Waals surface area contributed by atoms with Crippen molar-refractivity contribution in [1.82, 2.24) is 0 Å². The predicted molar refractivity (Wildman–Crippen MR) is 64.1 cm³/mol. The van der Waals surface area contributed by atoms with E-state index in [1.807, 2.05) is 18.2 Å². The summed E-state index contributed by atoms with van der Waals surface area (Å²) in [6, 6.07) is 10.1. The molecule has 1 atom stereocenters. The van der Waals surface area contributed by atoms with E-state index in [1.165, 1.54) is 5.56 Å². The van der Waals surface area contributed by atoms with Crippen molar-refractivity contribution in [1.29, 1.82) is 0 Å². The van der Waals surface area contributed by atoms with Gasteiger partial charge in [0.1, 0.15) is 0 Å². The zero-order chi connectivity index (χ0) is 12.1. The van der Waals surface area contributed by atoms with Gasteiger partial charge in [-0.25, -0.2) is 4.79 Å². The standard InChI is InChI=1S/C13H15NO3/c15-13(16)9-17-14-12-8-4-7-11(12)10-5-2-1-3-6-10/h1-3,5-6,11H,4,7-9H2,(H,15,16)/b14-12+/t11-/m0/s1. The number of carbonyl (C=O) groups is 1. The Bertz CT molecular complexity index is 414. The van der Waals surface area contributed by atoms with E-state index in [-0.39, 0.29) is 12.5 Å². The van der Waals surface area contributed by atoms with E-state index in [1.54, 1.807) is 0 Å². The first-order valence-corrected chi connectivity index (χ1v) is 5.73. The molecular formula is C13H15NO3. The quantitative estimate of drug-likeness (QED) is 0.812. The first kappa shape index (κ1) is 11.6. The lowest BCUT2D eigenvalue weighted by atomic mass is 9.97. The predicted octanol–water partition coefficient (Wildman–Crippen LogP) is 2.41. The first-order valence-electron chi connectivity index (χ1n) is 5.73. The number of carboxylic acids is 1. The van der Waals surface area contributed by atoms with Crippen molar-refractivity contribution in [3.63, 3.8) is 0 Å². The van der Waals surface area contributed by atoms with Crippen LogP contribution in [0.4, 0.5) is 0 Å². The summed E-state index contributed by atoms with van der Waals surface area (Å²) in [6.45, 7) is -0.370. The molecule has 0 aromatic heterocycles. The highest BCUT2D eigenvalue weighted by Crippen LogP contribution is 2.32. The van der Waals surface area contributed by atoms with Gasteiger partial charge in [-0.1, -0.05) is 35.5 Å². The van der Waals surface area contributed by atoms with Gasteiger partial charge in [-0.15, -0.1) is 0 Å². The van der Waals surface area contributed by atoms with Crippen LogP contribution in [0, 0.1) is 0 Å². The molecule has 0 saturated heterocycles. The van der Waals surface area contributed by atoms with Crippen molar-refractivity contribution in [2.24, 2.45) is 5.16 Å². The number of hydrogen-bond donors (Lipinski definition) is 1. The molecule has 90 valence electrons. The van der Waals surface area contributed by atoms with Gasteiger partial charge in [0.2, 0.25) is 6.61 Å². The molecule has 0 unspecified atom stereocenters. The van der Waals surface area contributed by atoms with Crippen LogP contribution in [-0.4, -0.2) is 23.4 Å².